The minimum absolute atomic E-state index is 0.0643. The fraction of sp³-hybridized carbons (Fsp3) is 1.00. The fourth-order valence-electron chi connectivity index (χ4n) is 2.21. The van der Waals surface area contributed by atoms with Crippen LogP contribution in [0.1, 0.15) is 20.3 Å². The average molecular weight is 260 g/mol. The summed E-state index contributed by atoms with van der Waals surface area (Å²) in [6, 6.07) is 0. The van der Waals surface area contributed by atoms with Gasteiger partial charge in [0.15, 0.2) is 6.29 Å². The Labute approximate surface area is 111 Å². The Morgan fingerprint density at radius 1 is 1.33 bits per heavy atom. The molecule has 1 atom stereocenters. The van der Waals surface area contributed by atoms with Gasteiger partial charge < -0.3 is 19.5 Å². The van der Waals surface area contributed by atoms with Gasteiger partial charge in [-0.25, -0.2) is 0 Å². The van der Waals surface area contributed by atoms with Gasteiger partial charge in [0, 0.05) is 45.8 Å². The first-order valence-corrected chi connectivity index (χ1v) is 7.01. The van der Waals surface area contributed by atoms with Crippen molar-refractivity contribution in [1.82, 2.24) is 10.2 Å². The molecule has 0 aromatic carbocycles. The van der Waals surface area contributed by atoms with Crippen LogP contribution in [0, 0.1) is 0 Å². The number of hydrogen-bond acceptors (Lipinski definition) is 5. The lowest BCUT2D eigenvalue weighted by Crippen LogP contribution is -2.47. The van der Waals surface area contributed by atoms with Gasteiger partial charge in [0.25, 0.3) is 0 Å². The van der Waals surface area contributed by atoms with Crippen LogP contribution in [-0.2, 0) is 14.2 Å². The molecule has 108 valence electrons. The van der Waals surface area contributed by atoms with Crippen LogP contribution >= 0.6 is 0 Å². The number of hydrogen-bond donors (Lipinski definition) is 1. The second-order valence-corrected chi connectivity index (χ2v) is 4.48. The summed E-state index contributed by atoms with van der Waals surface area (Å²) in [7, 11) is 1.96. The molecule has 0 aliphatic carbocycles. The Hall–Kier alpha value is -0.200. The van der Waals surface area contributed by atoms with E-state index in [1.165, 1.54) is 0 Å². The smallest absolute Gasteiger partial charge is 0.158 e. The Morgan fingerprint density at radius 3 is 2.67 bits per heavy atom. The summed E-state index contributed by atoms with van der Waals surface area (Å²) in [5, 5.41) is 3.16. The SMILES string of the molecule is CCOC(CCN1CCOC(CNC)C1)OCC. The highest BCUT2D eigenvalue weighted by atomic mass is 16.7. The molecular formula is C13H28N2O3. The molecule has 18 heavy (non-hydrogen) atoms. The lowest BCUT2D eigenvalue weighted by molar-refractivity contribution is -0.144. The Morgan fingerprint density at radius 2 is 2.06 bits per heavy atom. The van der Waals surface area contributed by atoms with Gasteiger partial charge in [-0.3, -0.25) is 4.90 Å². The van der Waals surface area contributed by atoms with Gasteiger partial charge >= 0.3 is 0 Å². The van der Waals surface area contributed by atoms with Crippen molar-refractivity contribution in [2.45, 2.75) is 32.7 Å². The molecule has 0 amide bonds. The normalized spacial score (nSPS) is 21.7. The summed E-state index contributed by atoms with van der Waals surface area (Å²) in [6.07, 6.45) is 1.17. The first-order valence-electron chi connectivity index (χ1n) is 7.01. The Balaban J connectivity index is 2.23. The largest absolute Gasteiger partial charge is 0.374 e. The van der Waals surface area contributed by atoms with Gasteiger partial charge in [0.05, 0.1) is 12.7 Å². The number of morpholine rings is 1. The van der Waals surface area contributed by atoms with Gasteiger partial charge in [-0.1, -0.05) is 0 Å². The number of likely N-dealkylation sites (N-methyl/N-ethyl adjacent to an activating group) is 1. The van der Waals surface area contributed by atoms with E-state index in [4.69, 9.17) is 14.2 Å². The highest BCUT2D eigenvalue weighted by molar-refractivity contribution is 4.73. The van der Waals surface area contributed by atoms with Crippen LogP contribution in [0.25, 0.3) is 0 Å². The number of nitrogens with one attached hydrogen (secondary N) is 1. The van der Waals surface area contributed by atoms with Crippen molar-refractivity contribution < 1.29 is 14.2 Å². The lowest BCUT2D eigenvalue weighted by Gasteiger charge is -2.33. The van der Waals surface area contributed by atoms with Crippen LogP contribution in [0.15, 0.2) is 0 Å². The highest BCUT2D eigenvalue weighted by Crippen LogP contribution is 2.08. The third kappa shape index (κ3) is 6.11. The third-order valence-electron chi connectivity index (χ3n) is 3.04. The summed E-state index contributed by atoms with van der Waals surface area (Å²) in [5.74, 6) is 0. The van der Waals surface area contributed by atoms with Gasteiger partial charge in [0.2, 0.25) is 0 Å². The maximum Gasteiger partial charge on any atom is 0.158 e. The van der Waals surface area contributed by atoms with E-state index in [1.54, 1.807) is 0 Å². The number of ether oxygens (including phenoxy) is 3. The van der Waals surface area contributed by atoms with Crippen LogP contribution in [-0.4, -0.2) is 70.3 Å². The Kier molecular flexibility index (Phi) is 8.54. The predicted molar refractivity (Wildman–Crippen MR) is 71.8 cm³/mol. The summed E-state index contributed by atoms with van der Waals surface area (Å²) < 4.78 is 16.8. The van der Waals surface area contributed by atoms with Crippen LogP contribution in [0.3, 0.4) is 0 Å². The average Bonchev–Trinajstić information content (AvgIpc) is 2.37. The van der Waals surface area contributed by atoms with Crippen LogP contribution in [0.2, 0.25) is 0 Å². The van der Waals surface area contributed by atoms with E-state index in [0.717, 1.165) is 39.2 Å². The molecule has 1 unspecified atom stereocenters. The van der Waals surface area contributed by atoms with Gasteiger partial charge in [-0.15, -0.1) is 0 Å². The molecule has 5 nitrogen and oxygen atoms in total. The molecule has 1 heterocycles. The fourth-order valence-corrected chi connectivity index (χ4v) is 2.21. The van der Waals surface area contributed by atoms with Crippen LogP contribution < -0.4 is 5.32 Å². The molecule has 1 aliphatic rings. The number of rotatable bonds is 9. The molecule has 0 bridgehead atoms. The van der Waals surface area contributed by atoms with Crippen molar-refractivity contribution >= 4 is 0 Å². The molecule has 0 radical (unpaired) electrons. The predicted octanol–water partition coefficient (Wildman–Crippen LogP) is 0.696. The molecule has 5 heteroatoms. The van der Waals surface area contributed by atoms with Crippen molar-refractivity contribution in [3.8, 4) is 0 Å². The lowest BCUT2D eigenvalue weighted by atomic mass is 10.2. The minimum Gasteiger partial charge on any atom is -0.374 e. The summed E-state index contributed by atoms with van der Waals surface area (Å²) in [6.45, 7) is 10.2. The molecule has 1 fully saturated rings. The quantitative estimate of drug-likeness (QED) is 0.618. The van der Waals surface area contributed by atoms with Crippen LogP contribution in [0.4, 0.5) is 0 Å². The number of nitrogens with zero attached hydrogens (tertiary/aromatic N) is 1. The molecule has 1 aliphatic heterocycles. The minimum atomic E-state index is -0.0643. The topological polar surface area (TPSA) is 43.0 Å². The standard InChI is InChI=1S/C13H28N2O3/c1-4-16-13(17-5-2)6-7-15-8-9-18-12(11-15)10-14-3/h12-14H,4-11H2,1-3H3. The summed E-state index contributed by atoms with van der Waals surface area (Å²) in [5.41, 5.74) is 0. The first-order chi connectivity index (χ1) is 8.80. The molecule has 1 rings (SSSR count). The van der Waals surface area contributed by atoms with Crippen molar-refractivity contribution in [2.24, 2.45) is 0 Å². The zero-order valence-electron chi connectivity index (χ0n) is 12.0. The van der Waals surface area contributed by atoms with E-state index < -0.39 is 0 Å². The van der Waals surface area contributed by atoms with Gasteiger partial charge in [0.1, 0.15) is 0 Å². The van der Waals surface area contributed by atoms with Crippen molar-refractivity contribution in [2.75, 3.05) is 53.0 Å². The molecule has 1 N–H and O–H groups in total. The summed E-state index contributed by atoms with van der Waals surface area (Å²) in [4.78, 5) is 2.43. The second kappa shape index (κ2) is 9.69. The van der Waals surface area contributed by atoms with Gasteiger partial charge in [-0.05, 0) is 20.9 Å². The molecule has 0 saturated carbocycles. The Bertz CT molecular complexity index is 197. The maximum atomic E-state index is 5.68. The van der Waals surface area contributed by atoms with Gasteiger partial charge in [-0.2, -0.15) is 0 Å². The zero-order valence-corrected chi connectivity index (χ0v) is 12.0. The van der Waals surface area contributed by atoms with E-state index in [0.29, 0.717) is 19.3 Å². The highest BCUT2D eigenvalue weighted by Gasteiger charge is 2.20. The van der Waals surface area contributed by atoms with Crippen molar-refractivity contribution in [1.29, 1.82) is 0 Å². The van der Waals surface area contributed by atoms with E-state index >= 15 is 0 Å². The molecule has 1 saturated heterocycles. The molecule has 0 spiro atoms. The summed E-state index contributed by atoms with van der Waals surface area (Å²) >= 11 is 0. The maximum absolute atomic E-state index is 5.68. The van der Waals surface area contributed by atoms with E-state index in [2.05, 4.69) is 10.2 Å². The van der Waals surface area contributed by atoms with Crippen molar-refractivity contribution in [3.63, 3.8) is 0 Å². The zero-order chi connectivity index (χ0) is 13.2. The molecule has 0 aromatic rings. The second-order valence-electron chi connectivity index (χ2n) is 4.48. The van der Waals surface area contributed by atoms with E-state index in [-0.39, 0.29) is 6.29 Å². The van der Waals surface area contributed by atoms with E-state index in [9.17, 15) is 0 Å². The third-order valence-corrected chi connectivity index (χ3v) is 3.04. The molecule has 0 aromatic heterocycles. The first kappa shape index (κ1) is 15.9. The van der Waals surface area contributed by atoms with Crippen LogP contribution in [0.5, 0.6) is 0 Å². The monoisotopic (exact) mass is 260 g/mol. The molecular weight excluding hydrogens is 232 g/mol. The van der Waals surface area contributed by atoms with E-state index in [1.807, 2.05) is 20.9 Å². The van der Waals surface area contributed by atoms with Crippen molar-refractivity contribution in [3.05, 3.63) is 0 Å².